The molecule has 0 heterocycles. The molecule has 1 fully saturated rings. The topological polar surface area (TPSA) is 26.3 Å². The third-order valence-electron chi connectivity index (χ3n) is 7.11. The Morgan fingerprint density at radius 3 is 2.09 bits per heavy atom. The third kappa shape index (κ3) is 7.80. The molecule has 174 valence electrons. The molecule has 2 aromatic carbocycles. The van der Waals surface area contributed by atoms with Crippen molar-refractivity contribution in [1.82, 2.24) is 0 Å². The van der Waals surface area contributed by atoms with Gasteiger partial charge in [-0.25, -0.2) is 4.79 Å². The minimum atomic E-state index is -0.274. The first-order chi connectivity index (χ1) is 15.7. The van der Waals surface area contributed by atoms with E-state index in [1.165, 1.54) is 88.2 Å². The van der Waals surface area contributed by atoms with Crippen LogP contribution >= 0.6 is 0 Å². The standard InChI is InChI=1S/C30H42O2/c1-3-5-6-7-8-9-11-25-14-18-28(19-15-25)30(31)32-29-22-20-27(21-23-29)26-16-12-24(10-4-2)13-17-26/h14-15,18-24,26H,3-13,16-17H2,1-2H3. The average molecular weight is 435 g/mol. The number of unbranched alkanes of at least 4 members (excludes halogenated alkanes) is 5. The van der Waals surface area contributed by atoms with Crippen LogP contribution in [0.5, 0.6) is 5.75 Å². The van der Waals surface area contributed by atoms with Crippen LogP contribution in [-0.2, 0) is 6.42 Å². The fraction of sp³-hybridized carbons (Fsp3) is 0.567. The van der Waals surface area contributed by atoms with Crippen molar-refractivity contribution >= 4 is 5.97 Å². The van der Waals surface area contributed by atoms with Gasteiger partial charge in [-0.1, -0.05) is 83.1 Å². The monoisotopic (exact) mass is 434 g/mol. The van der Waals surface area contributed by atoms with Gasteiger partial charge < -0.3 is 4.74 Å². The Bertz CT molecular complexity index is 783. The minimum Gasteiger partial charge on any atom is -0.423 e. The molecule has 0 aliphatic heterocycles. The van der Waals surface area contributed by atoms with Crippen molar-refractivity contribution in [2.24, 2.45) is 5.92 Å². The van der Waals surface area contributed by atoms with Gasteiger partial charge in [0.05, 0.1) is 5.56 Å². The maximum atomic E-state index is 12.5. The summed E-state index contributed by atoms with van der Waals surface area (Å²) in [6, 6.07) is 16.2. The summed E-state index contributed by atoms with van der Waals surface area (Å²) in [4.78, 5) is 12.5. The highest BCUT2D eigenvalue weighted by Gasteiger charge is 2.21. The molecule has 0 unspecified atom stereocenters. The lowest BCUT2D eigenvalue weighted by Crippen LogP contribution is -2.13. The summed E-state index contributed by atoms with van der Waals surface area (Å²) in [5.74, 6) is 1.94. The third-order valence-corrected chi connectivity index (χ3v) is 7.11. The number of carbonyl (C=O) groups is 1. The van der Waals surface area contributed by atoms with Gasteiger partial charge in [-0.3, -0.25) is 0 Å². The normalized spacial score (nSPS) is 18.4. The van der Waals surface area contributed by atoms with E-state index in [-0.39, 0.29) is 5.97 Å². The minimum absolute atomic E-state index is 0.274. The lowest BCUT2D eigenvalue weighted by molar-refractivity contribution is 0.0734. The van der Waals surface area contributed by atoms with E-state index in [2.05, 4.69) is 38.1 Å². The maximum Gasteiger partial charge on any atom is 0.343 e. The van der Waals surface area contributed by atoms with Crippen molar-refractivity contribution in [3.8, 4) is 5.75 Å². The van der Waals surface area contributed by atoms with E-state index in [1.54, 1.807) is 0 Å². The van der Waals surface area contributed by atoms with Gasteiger partial charge in [-0.2, -0.15) is 0 Å². The van der Waals surface area contributed by atoms with E-state index in [9.17, 15) is 4.79 Å². The van der Waals surface area contributed by atoms with Gasteiger partial charge >= 0.3 is 5.97 Å². The lowest BCUT2D eigenvalue weighted by Gasteiger charge is -2.28. The Hall–Kier alpha value is -2.09. The Balaban J connectivity index is 1.43. The van der Waals surface area contributed by atoms with Crippen molar-refractivity contribution in [2.45, 2.75) is 103 Å². The molecule has 0 radical (unpaired) electrons. The van der Waals surface area contributed by atoms with E-state index >= 15 is 0 Å². The van der Waals surface area contributed by atoms with Crippen LogP contribution in [0.4, 0.5) is 0 Å². The number of benzene rings is 2. The van der Waals surface area contributed by atoms with Crippen molar-refractivity contribution in [1.29, 1.82) is 0 Å². The number of hydrogen-bond acceptors (Lipinski definition) is 2. The Kier molecular flexibility index (Phi) is 10.3. The number of aryl methyl sites for hydroxylation is 1. The van der Waals surface area contributed by atoms with Crippen LogP contribution in [0.2, 0.25) is 0 Å². The van der Waals surface area contributed by atoms with Crippen molar-refractivity contribution in [3.63, 3.8) is 0 Å². The summed E-state index contributed by atoms with van der Waals surface area (Å²) in [5.41, 5.74) is 3.31. The predicted octanol–water partition coefficient (Wildman–Crippen LogP) is 8.88. The van der Waals surface area contributed by atoms with Crippen molar-refractivity contribution < 1.29 is 9.53 Å². The van der Waals surface area contributed by atoms with Gasteiger partial charge in [0, 0.05) is 0 Å². The lowest BCUT2D eigenvalue weighted by atomic mass is 9.77. The van der Waals surface area contributed by atoms with Crippen LogP contribution in [0.25, 0.3) is 0 Å². The molecule has 32 heavy (non-hydrogen) atoms. The largest absolute Gasteiger partial charge is 0.423 e. The molecule has 2 nitrogen and oxygen atoms in total. The van der Waals surface area contributed by atoms with Crippen molar-refractivity contribution in [2.75, 3.05) is 0 Å². The molecule has 1 aliphatic rings. The summed E-state index contributed by atoms with van der Waals surface area (Å²) >= 11 is 0. The van der Waals surface area contributed by atoms with Crippen LogP contribution in [0.3, 0.4) is 0 Å². The quantitative estimate of drug-likeness (QED) is 0.189. The molecule has 1 aliphatic carbocycles. The highest BCUT2D eigenvalue weighted by Crippen LogP contribution is 2.37. The molecule has 0 aromatic heterocycles. The predicted molar refractivity (Wildman–Crippen MR) is 135 cm³/mol. The van der Waals surface area contributed by atoms with E-state index < -0.39 is 0 Å². The molecule has 1 saturated carbocycles. The van der Waals surface area contributed by atoms with E-state index in [0.717, 1.165) is 12.3 Å². The second-order valence-corrected chi connectivity index (χ2v) is 9.68. The Morgan fingerprint density at radius 1 is 0.781 bits per heavy atom. The fourth-order valence-electron chi connectivity index (χ4n) is 5.08. The SMILES string of the molecule is CCCCCCCCc1ccc(C(=O)Oc2ccc(C3CCC(CCC)CC3)cc2)cc1. The molecule has 3 rings (SSSR count). The summed E-state index contributed by atoms with van der Waals surface area (Å²) < 4.78 is 5.63. The van der Waals surface area contributed by atoms with Crippen LogP contribution in [0.15, 0.2) is 48.5 Å². The number of carbonyl (C=O) groups excluding carboxylic acids is 1. The Morgan fingerprint density at radius 2 is 1.44 bits per heavy atom. The molecule has 0 saturated heterocycles. The summed E-state index contributed by atoms with van der Waals surface area (Å²) in [6.07, 6.45) is 16.9. The summed E-state index contributed by atoms with van der Waals surface area (Å²) in [7, 11) is 0. The van der Waals surface area contributed by atoms with Crippen LogP contribution in [0, 0.1) is 5.92 Å². The summed E-state index contributed by atoms with van der Waals surface area (Å²) in [5, 5.41) is 0. The Labute approximate surface area is 195 Å². The van der Waals surface area contributed by atoms with Crippen LogP contribution < -0.4 is 4.74 Å². The fourth-order valence-corrected chi connectivity index (χ4v) is 5.08. The number of rotatable bonds is 12. The molecule has 2 heteroatoms. The van der Waals surface area contributed by atoms with Gasteiger partial charge in [0.1, 0.15) is 5.75 Å². The van der Waals surface area contributed by atoms with E-state index in [0.29, 0.717) is 17.2 Å². The van der Waals surface area contributed by atoms with Crippen LogP contribution in [-0.4, -0.2) is 5.97 Å². The molecular weight excluding hydrogens is 392 g/mol. The highest BCUT2D eigenvalue weighted by atomic mass is 16.5. The second kappa shape index (κ2) is 13.5. The van der Waals surface area contributed by atoms with E-state index in [1.807, 2.05) is 24.3 Å². The van der Waals surface area contributed by atoms with Gasteiger partial charge in [0.2, 0.25) is 0 Å². The van der Waals surface area contributed by atoms with Gasteiger partial charge in [-0.15, -0.1) is 0 Å². The van der Waals surface area contributed by atoms with Crippen molar-refractivity contribution in [3.05, 3.63) is 65.2 Å². The maximum absolute atomic E-state index is 12.5. The number of esters is 1. The zero-order chi connectivity index (χ0) is 22.6. The molecule has 0 bridgehead atoms. The molecule has 0 amide bonds. The molecule has 0 spiro atoms. The zero-order valence-corrected chi connectivity index (χ0v) is 20.3. The van der Waals surface area contributed by atoms with Gasteiger partial charge in [0.25, 0.3) is 0 Å². The van der Waals surface area contributed by atoms with Crippen LogP contribution in [0.1, 0.15) is 118 Å². The first-order valence-corrected chi connectivity index (χ1v) is 13.1. The molecule has 0 N–H and O–H groups in total. The smallest absolute Gasteiger partial charge is 0.343 e. The molecule has 0 atom stereocenters. The first-order valence-electron chi connectivity index (χ1n) is 13.1. The summed E-state index contributed by atoms with van der Waals surface area (Å²) in [6.45, 7) is 4.54. The average Bonchev–Trinajstić information content (AvgIpc) is 2.83. The number of ether oxygens (including phenoxy) is 1. The second-order valence-electron chi connectivity index (χ2n) is 9.68. The van der Waals surface area contributed by atoms with Gasteiger partial charge in [-0.05, 0) is 85.8 Å². The molecular formula is C30H42O2. The highest BCUT2D eigenvalue weighted by molar-refractivity contribution is 5.91. The number of hydrogen-bond donors (Lipinski definition) is 0. The van der Waals surface area contributed by atoms with E-state index in [4.69, 9.17) is 4.74 Å². The first kappa shape index (κ1) is 24.6. The zero-order valence-electron chi connectivity index (χ0n) is 20.3. The molecule has 2 aromatic rings. The van der Waals surface area contributed by atoms with Gasteiger partial charge in [0.15, 0.2) is 0 Å².